The SMILES string of the molecule is CNc1ccc(NC(=O)Nc2cc(C(C)(C)C)on2)cc1.O=Cc1ccc(OC2CCNCC2)cn1. The van der Waals surface area contributed by atoms with Crippen LogP contribution in [0.25, 0.3) is 0 Å². The number of amides is 2. The second kappa shape index (κ2) is 12.7. The van der Waals surface area contributed by atoms with Gasteiger partial charge in [-0.1, -0.05) is 25.9 Å². The standard InChI is InChI=1S/C15H20N4O2.C11H14N2O2/c1-15(2,3)12-9-13(19-21-12)18-14(20)17-11-7-5-10(16-4)6-8-11;14-8-9-1-2-11(7-13-9)15-10-3-5-12-6-4-10/h5-9,16H,1-4H3,(H2,17,18,19,20);1-2,7-8,10,12H,3-6H2. The molecular formula is C26H34N6O4. The van der Waals surface area contributed by atoms with Crippen LogP contribution in [0.1, 0.15) is 49.9 Å². The van der Waals surface area contributed by atoms with E-state index in [9.17, 15) is 9.59 Å². The van der Waals surface area contributed by atoms with Crippen molar-refractivity contribution < 1.29 is 18.8 Å². The minimum absolute atomic E-state index is 0.146. The maximum absolute atomic E-state index is 11.9. The number of carbonyl (C=O) groups excluding carboxylic acids is 2. The van der Waals surface area contributed by atoms with E-state index in [0.717, 1.165) is 49.4 Å². The van der Waals surface area contributed by atoms with Crippen LogP contribution in [0.4, 0.5) is 22.0 Å². The first kappa shape index (κ1) is 26.7. The van der Waals surface area contributed by atoms with Crippen molar-refractivity contribution in [1.82, 2.24) is 15.5 Å². The van der Waals surface area contributed by atoms with E-state index >= 15 is 0 Å². The van der Waals surface area contributed by atoms with Gasteiger partial charge in [0.2, 0.25) is 0 Å². The summed E-state index contributed by atoms with van der Waals surface area (Å²) in [4.78, 5) is 26.2. The van der Waals surface area contributed by atoms with Crippen molar-refractivity contribution >= 4 is 29.5 Å². The smallest absolute Gasteiger partial charge is 0.324 e. The molecule has 3 heterocycles. The Morgan fingerprint density at radius 2 is 1.78 bits per heavy atom. The molecule has 3 aromatic rings. The average Bonchev–Trinajstić information content (AvgIpc) is 3.35. The highest BCUT2D eigenvalue weighted by molar-refractivity contribution is 5.99. The first-order chi connectivity index (χ1) is 17.3. The molecule has 0 bridgehead atoms. The number of aromatic nitrogens is 2. The zero-order valence-electron chi connectivity index (χ0n) is 21.1. The fourth-order valence-electron chi connectivity index (χ4n) is 3.32. The van der Waals surface area contributed by atoms with E-state index < -0.39 is 0 Å². The quantitative estimate of drug-likeness (QED) is 0.363. The van der Waals surface area contributed by atoms with Crippen molar-refractivity contribution in [3.05, 3.63) is 60.1 Å². The van der Waals surface area contributed by atoms with Crippen LogP contribution in [0, 0.1) is 0 Å². The van der Waals surface area contributed by atoms with Gasteiger partial charge >= 0.3 is 6.03 Å². The predicted octanol–water partition coefficient (Wildman–Crippen LogP) is 4.68. The van der Waals surface area contributed by atoms with Gasteiger partial charge in [-0.05, 0) is 62.3 Å². The maximum Gasteiger partial charge on any atom is 0.324 e. The van der Waals surface area contributed by atoms with Crippen LogP contribution in [-0.2, 0) is 5.41 Å². The lowest BCUT2D eigenvalue weighted by atomic mass is 9.93. The molecule has 1 fully saturated rings. The topological polar surface area (TPSA) is 130 Å². The first-order valence-corrected chi connectivity index (χ1v) is 11.9. The second-order valence-electron chi connectivity index (χ2n) is 9.34. The van der Waals surface area contributed by atoms with Crippen LogP contribution < -0.4 is 26.0 Å². The molecule has 1 aromatic carbocycles. The van der Waals surface area contributed by atoms with E-state index in [2.05, 4.69) is 31.4 Å². The summed E-state index contributed by atoms with van der Waals surface area (Å²) in [5.74, 6) is 1.85. The third-order valence-electron chi connectivity index (χ3n) is 5.39. The molecule has 36 heavy (non-hydrogen) atoms. The molecule has 0 spiro atoms. The molecule has 1 aliphatic heterocycles. The Balaban J connectivity index is 0.000000212. The van der Waals surface area contributed by atoms with Crippen LogP contribution in [0.3, 0.4) is 0 Å². The number of carbonyl (C=O) groups is 2. The molecule has 4 rings (SSSR count). The fraction of sp³-hybridized carbons (Fsp3) is 0.385. The van der Waals surface area contributed by atoms with Crippen molar-refractivity contribution in [1.29, 1.82) is 0 Å². The third-order valence-corrected chi connectivity index (χ3v) is 5.39. The Morgan fingerprint density at radius 3 is 2.33 bits per heavy atom. The lowest BCUT2D eigenvalue weighted by Gasteiger charge is -2.23. The number of nitrogens with zero attached hydrogens (tertiary/aromatic N) is 2. The molecule has 1 aliphatic rings. The first-order valence-electron chi connectivity index (χ1n) is 11.9. The van der Waals surface area contributed by atoms with Gasteiger partial charge in [-0.3, -0.25) is 10.1 Å². The van der Waals surface area contributed by atoms with Gasteiger partial charge in [0.05, 0.1) is 6.20 Å². The molecule has 4 N–H and O–H groups in total. The number of piperidine rings is 1. The van der Waals surface area contributed by atoms with Crippen molar-refractivity contribution in [2.45, 2.75) is 45.1 Å². The maximum atomic E-state index is 11.9. The summed E-state index contributed by atoms with van der Waals surface area (Å²) in [6, 6.07) is 12.2. The highest BCUT2D eigenvalue weighted by atomic mass is 16.5. The molecule has 1 saturated heterocycles. The summed E-state index contributed by atoms with van der Waals surface area (Å²) in [5, 5.41) is 15.5. The number of ether oxygens (including phenoxy) is 1. The van der Waals surface area contributed by atoms with Crippen LogP contribution in [0.5, 0.6) is 5.75 Å². The van der Waals surface area contributed by atoms with Gasteiger partial charge in [-0.15, -0.1) is 0 Å². The number of benzene rings is 1. The Bertz CT molecular complexity index is 1100. The molecule has 0 atom stereocenters. The minimum atomic E-state index is -0.360. The van der Waals surface area contributed by atoms with Gasteiger partial charge in [0.25, 0.3) is 0 Å². The highest BCUT2D eigenvalue weighted by Crippen LogP contribution is 2.24. The molecule has 10 nitrogen and oxygen atoms in total. The van der Waals surface area contributed by atoms with E-state index in [-0.39, 0.29) is 17.6 Å². The van der Waals surface area contributed by atoms with E-state index in [1.807, 2.05) is 52.1 Å². The molecule has 2 amide bonds. The molecule has 0 saturated carbocycles. The number of hydrogen-bond donors (Lipinski definition) is 4. The zero-order chi connectivity index (χ0) is 26.0. The highest BCUT2D eigenvalue weighted by Gasteiger charge is 2.20. The Hall–Kier alpha value is -3.92. The molecule has 0 aliphatic carbocycles. The normalized spacial score (nSPS) is 13.7. The molecule has 192 valence electrons. The number of hydrogen-bond acceptors (Lipinski definition) is 8. The van der Waals surface area contributed by atoms with Gasteiger partial charge in [0, 0.05) is 29.9 Å². The van der Waals surface area contributed by atoms with E-state index in [4.69, 9.17) is 9.26 Å². The largest absolute Gasteiger partial charge is 0.489 e. The number of aldehydes is 1. The van der Waals surface area contributed by atoms with Crippen LogP contribution in [0.2, 0.25) is 0 Å². The minimum Gasteiger partial charge on any atom is -0.489 e. The van der Waals surface area contributed by atoms with E-state index in [1.165, 1.54) is 0 Å². The van der Waals surface area contributed by atoms with Gasteiger partial charge in [0.1, 0.15) is 23.3 Å². The molecular weight excluding hydrogens is 460 g/mol. The van der Waals surface area contributed by atoms with Crippen LogP contribution in [0.15, 0.2) is 53.2 Å². The van der Waals surface area contributed by atoms with Crippen LogP contribution >= 0.6 is 0 Å². The fourth-order valence-corrected chi connectivity index (χ4v) is 3.32. The predicted molar refractivity (Wildman–Crippen MR) is 140 cm³/mol. The monoisotopic (exact) mass is 494 g/mol. The molecule has 2 aromatic heterocycles. The van der Waals surface area contributed by atoms with Gasteiger partial charge in [0.15, 0.2) is 12.1 Å². The van der Waals surface area contributed by atoms with Crippen molar-refractivity contribution in [3.63, 3.8) is 0 Å². The number of anilines is 3. The second-order valence-corrected chi connectivity index (χ2v) is 9.34. The van der Waals surface area contributed by atoms with Crippen molar-refractivity contribution in [2.75, 3.05) is 36.1 Å². The van der Waals surface area contributed by atoms with Gasteiger partial charge in [-0.25, -0.2) is 9.78 Å². The number of rotatable bonds is 6. The zero-order valence-corrected chi connectivity index (χ0v) is 21.1. The summed E-state index contributed by atoms with van der Waals surface area (Å²) in [5.41, 5.74) is 1.97. The summed E-state index contributed by atoms with van der Waals surface area (Å²) in [7, 11) is 1.84. The van der Waals surface area contributed by atoms with Crippen molar-refractivity contribution in [3.8, 4) is 5.75 Å². The molecule has 10 heteroatoms. The van der Waals surface area contributed by atoms with Crippen LogP contribution in [-0.4, -0.2) is 48.7 Å². The average molecular weight is 495 g/mol. The van der Waals surface area contributed by atoms with Crippen molar-refractivity contribution in [2.24, 2.45) is 0 Å². The number of urea groups is 1. The Kier molecular flexibility index (Phi) is 9.40. The summed E-state index contributed by atoms with van der Waals surface area (Å²) < 4.78 is 10.9. The summed E-state index contributed by atoms with van der Waals surface area (Å²) >= 11 is 0. The number of nitrogens with one attached hydrogen (secondary N) is 4. The van der Waals surface area contributed by atoms with E-state index in [0.29, 0.717) is 17.2 Å². The Morgan fingerprint density at radius 1 is 1.08 bits per heavy atom. The van der Waals surface area contributed by atoms with Gasteiger partial charge in [-0.2, -0.15) is 0 Å². The van der Waals surface area contributed by atoms with E-state index in [1.54, 1.807) is 24.4 Å². The third kappa shape index (κ3) is 8.38. The lowest BCUT2D eigenvalue weighted by molar-refractivity contribution is 0.111. The summed E-state index contributed by atoms with van der Waals surface area (Å²) in [6.45, 7) is 8.05. The molecule has 0 unspecified atom stereocenters. The Labute approximate surface area is 211 Å². The van der Waals surface area contributed by atoms with Gasteiger partial charge < -0.3 is 25.2 Å². The molecule has 0 radical (unpaired) electrons. The lowest BCUT2D eigenvalue weighted by Crippen LogP contribution is -2.34. The summed E-state index contributed by atoms with van der Waals surface area (Å²) in [6.07, 6.45) is 4.65. The number of pyridine rings is 1.